The second-order valence-electron chi connectivity index (χ2n) is 6.61. The highest BCUT2D eigenvalue weighted by molar-refractivity contribution is 7.17. The SMILES string of the molecule is COc1ccccc1OCC(=O)NCc1sc2nc(-c3ccc(F)cc3)cn2c1C. The van der Waals surface area contributed by atoms with Gasteiger partial charge in [-0.1, -0.05) is 23.5 Å². The Labute approximate surface area is 176 Å². The van der Waals surface area contributed by atoms with Crippen LogP contribution in [0.3, 0.4) is 0 Å². The minimum atomic E-state index is -0.274. The van der Waals surface area contributed by atoms with Gasteiger partial charge in [0.1, 0.15) is 5.82 Å². The fraction of sp³-hybridized carbons (Fsp3) is 0.182. The highest BCUT2D eigenvalue weighted by Crippen LogP contribution is 2.28. The van der Waals surface area contributed by atoms with Gasteiger partial charge in [-0.3, -0.25) is 9.20 Å². The summed E-state index contributed by atoms with van der Waals surface area (Å²) in [4.78, 5) is 18.6. The molecule has 0 aliphatic heterocycles. The summed E-state index contributed by atoms with van der Waals surface area (Å²) in [5, 5.41) is 2.87. The van der Waals surface area contributed by atoms with E-state index in [0.29, 0.717) is 18.0 Å². The van der Waals surface area contributed by atoms with Crippen molar-refractivity contribution in [1.82, 2.24) is 14.7 Å². The van der Waals surface area contributed by atoms with Gasteiger partial charge >= 0.3 is 0 Å². The van der Waals surface area contributed by atoms with Crippen molar-refractivity contribution < 1.29 is 18.7 Å². The monoisotopic (exact) mass is 425 g/mol. The minimum Gasteiger partial charge on any atom is -0.493 e. The number of carbonyl (C=O) groups excluding carboxylic acids is 1. The zero-order valence-corrected chi connectivity index (χ0v) is 17.3. The van der Waals surface area contributed by atoms with Crippen molar-refractivity contribution >= 4 is 22.2 Å². The molecule has 0 saturated carbocycles. The second-order valence-corrected chi connectivity index (χ2v) is 7.67. The van der Waals surface area contributed by atoms with E-state index >= 15 is 0 Å². The van der Waals surface area contributed by atoms with Gasteiger partial charge in [-0.2, -0.15) is 0 Å². The van der Waals surface area contributed by atoms with Gasteiger partial charge in [0.2, 0.25) is 0 Å². The first-order chi connectivity index (χ1) is 14.5. The topological polar surface area (TPSA) is 64.9 Å². The number of amides is 1. The van der Waals surface area contributed by atoms with E-state index in [1.165, 1.54) is 23.5 Å². The lowest BCUT2D eigenvalue weighted by atomic mass is 10.2. The molecule has 30 heavy (non-hydrogen) atoms. The van der Waals surface area contributed by atoms with Crippen molar-refractivity contribution in [1.29, 1.82) is 0 Å². The summed E-state index contributed by atoms with van der Waals surface area (Å²) in [7, 11) is 1.56. The summed E-state index contributed by atoms with van der Waals surface area (Å²) >= 11 is 1.51. The van der Waals surface area contributed by atoms with E-state index in [1.807, 2.05) is 29.7 Å². The number of ether oxygens (including phenoxy) is 2. The van der Waals surface area contributed by atoms with E-state index in [9.17, 15) is 9.18 Å². The van der Waals surface area contributed by atoms with Gasteiger partial charge in [0.05, 0.1) is 19.3 Å². The third-order valence-corrected chi connectivity index (χ3v) is 5.82. The number of methoxy groups -OCH3 is 1. The van der Waals surface area contributed by atoms with Crippen LogP contribution in [0.1, 0.15) is 10.6 Å². The Hall–Kier alpha value is -3.39. The van der Waals surface area contributed by atoms with Crippen molar-refractivity contribution in [2.75, 3.05) is 13.7 Å². The van der Waals surface area contributed by atoms with E-state index in [1.54, 1.807) is 31.4 Å². The van der Waals surface area contributed by atoms with Crippen LogP contribution >= 0.6 is 11.3 Å². The molecule has 0 fully saturated rings. The van der Waals surface area contributed by atoms with Gasteiger partial charge in [0.25, 0.3) is 5.91 Å². The number of benzene rings is 2. The number of thiazole rings is 1. The zero-order valence-electron chi connectivity index (χ0n) is 16.5. The summed E-state index contributed by atoms with van der Waals surface area (Å²) in [6.45, 7) is 2.27. The van der Waals surface area contributed by atoms with E-state index in [-0.39, 0.29) is 18.3 Å². The van der Waals surface area contributed by atoms with E-state index < -0.39 is 0 Å². The maximum absolute atomic E-state index is 13.1. The molecule has 1 N–H and O–H groups in total. The minimum absolute atomic E-state index is 0.101. The number of carbonyl (C=O) groups is 1. The van der Waals surface area contributed by atoms with Crippen molar-refractivity contribution in [3.8, 4) is 22.8 Å². The molecule has 6 nitrogen and oxygen atoms in total. The molecule has 2 aromatic heterocycles. The largest absolute Gasteiger partial charge is 0.493 e. The number of halogens is 1. The van der Waals surface area contributed by atoms with Crippen LogP contribution in [0.5, 0.6) is 11.5 Å². The Kier molecular flexibility index (Phi) is 5.67. The van der Waals surface area contributed by atoms with Crippen molar-refractivity contribution in [2.45, 2.75) is 13.5 Å². The van der Waals surface area contributed by atoms with Crippen molar-refractivity contribution in [3.63, 3.8) is 0 Å². The van der Waals surface area contributed by atoms with Crippen LogP contribution in [0, 0.1) is 12.7 Å². The summed E-state index contributed by atoms with van der Waals surface area (Å²) < 4.78 is 25.9. The molecule has 154 valence electrons. The summed E-state index contributed by atoms with van der Waals surface area (Å²) in [6, 6.07) is 13.4. The molecule has 2 aromatic carbocycles. The van der Waals surface area contributed by atoms with Gasteiger partial charge in [-0.25, -0.2) is 9.37 Å². The Balaban J connectivity index is 1.39. The van der Waals surface area contributed by atoms with Crippen molar-refractivity contribution in [3.05, 3.63) is 71.1 Å². The first-order valence-electron chi connectivity index (χ1n) is 9.31. The van der Waals surface area contributed by atoms with E-state index in [0.717, 1.165) is 26.8 Å². The molecular formula is C22H20FN3O3S. The van der Waals surface area contributed by atoms with Crippen LogP contribution in [-0.4, -0.2) is 29.0 Å². The highest BCUT2D eigenvalue weighted by Gasteiger charge is 2.14. The molecule has 0 radical (unpaired) electrons. The summed E-state index contributed by atoms with van der Waals surface area (Å²) in [6.07, 6.45) is 1.92. The Morgan fingerprint density at radius 2 is 1.90 bits per heavy atom. The smallest absolute Gasteiger partial charge is 0.258 e. The molecule has 0 spiro atoms. The number of rotatable bonds is 7. The average molecular weight is 425 g/mol. The number of nitrogens with one attached hydrogen (secondary N) is 1. The molecule has 0 aliphatic carbocycles. The zero-order chi connectivity index (χ0) is 21.1. The van der Waals surface area contributed by atoms with Gasteiger partial charge in [-0.15, -0.1) is 0 Å². The summed E-state index contributed by atoms with van der Waals surface area (Å²) in [5.74, 6) is 0.605. The molecule has 2 heterocycles. The molecule has 0 aliphatic rings. The lowest BCUT2D eigenvalue weighted by Crippen LogP contribution is -2.28. The van der Waals surface area contributed by atoms with Crippen molar-refractivity contribution in [2.24, 2.45) is 0 Å². The predicted octanol–water partition coefficient (Wildman–Crippen LogP) is 4.21. The summed E-state index contributed by atoms with van der Waals surface area (Å²) in [5.41, 5.74) is 2.64. The second kappa shape index (κ2) is 8.54. The van der Waals surface area contributed by atoms with E-state index in [4.69, 9.17) is 9.47 Å². The maximum Gasteiger partial charge on any atom is 0.258 e. The molecule has 1 amide bonds. The Morgan fingerprint density at radius 3 is 2.60 bits per heavy atom. The molecule has 0 saturated heterocycles. The lowest BCUT2D eigenvalue weighted by Gasteiger charge is -2.10. The van der Waals surface area contributed by atoms with Crippen LogP contribution < -0.4 is 14.8 Å². The molecule has 8 heteroatoms. The van der Waals surface area contributed by atoms with Crippen LogP contribution in [0.25, 0.3) is 16.2 Å². The number of aryl methyl sites for hydroxylation is 1. The number of hydrogen-bond acceptors (Lipinski definition) is 5. The number of para-hydroxylation sites is 2. The van der Waals surface area contributed by atoms with Crippen LogP contribution in [0.2, 0.25) is 0 Å². The van der Waals surface area contributed by atoms with Crippen LogP contribution in [0.4, 0.5) is 4.39 Å². The molecular weight excluding hydrogens is 405 g/mol. The number of aromatic nitrogens is 2. The van der Waals surface area contributed by atoms with Gasteiger partial charge in [0, 0.05) is 22.3 Å². The standard InChI is InChI=1S/C22H20FN3O3S/c1-14-20(11-24-21(27)13-29-19-6-4-3-5-18(19)28-2)30-22-25-17(12-26(14)22)15-7-9-16(23)10-8-15/h3-10,12H,11,13H2,1-2H3,(H,24,27). The third kappa shape index (κ3) is 4.13. The molecule has 0 bridgehead atoms. The van der Waals surface area contributed by atoms with Crippen LogP contribution in [0.15, 0.2) is 54.7 Å². The fourth-order valence-corrected chi connectivity index (χ4v) is 4.07. The molecule has 4 aromatic rings. The van der Waals surface area contributed by atoms with Gasteiger partial charge in [-0.05, 0) is 43.3 Å². The van der Waals surface area contributed by atoms with E-state index in [2.05, 4.69) is 10.3 Å². The van der Waals surface area contributed by atoms with Crippen LogP contribution in [-0.2, 0) is 11.3 Å². The number of imidazole rings is 1. The maximum atomic E-state index is 13.1. The predicted molar refractivity (Wildman–Crippen MR) is 114 cm³/mol. The third-order valence-electron chi connectivity index (χ3n) is 4.67. The Morgan fingerprint density at radius 1 is 1.17 bits per heavy atom. The number of hydrogen-bond donors (Lipinski definition) is 1. The van der Waals surface area contributed by atoms with Gasteiger partial charge < -0.3 is 14.8 Å². The normalized spacial score (nSPS) is 10.9. The first-order valence-corrected chi connectivity index (χ1v) is 10.1. The highest BCUT2D eigenvalue weighted by atomic mass is 32.1. The lowest BCUT2D eigenvalue weighted by molar-refractivity contribution is -0.123. The number of fused-ring (bicyclic) bond motifs is 1. The molecule has 0 unspecified atom stereocenters. The first kappa shape index (κ1) is 19.9. The number of nitrogens with zero attached hydrogens (tertiary/aromatic N) is 2. The quantitative estimate of drug-likeness (QED) is 0.482. The fourth-order valence-electron chi connectivity index (χ4n) is 3.03. The molecule has 0 atom stereocenters. The molecule has 4 rings (SSSR count). The van der Waals surface area contributed by atoms with Gasteiger partial charge in [0.15, 0.2) is 23.1 Å². The Bertz CT molecular complexity index is 1180. The average Bonchev–Trinajstić information content (AvgIpc) is 3.30.